The Labute approximate surface area is 102 Å². The number of aromatic nitrogens is 1. The van der Waals surface area contributed by atoms with Gasteiger partial charge in [0.2, 0.25) is 0 Å². The maximum absolute atomic E-state index is 11.7. The van der Waals surface area contributed by atoms with Crippen molar-refractivity contribution >= 4 is 16.7 Å². The van der Waals surface area contributed by atoms with Gasteiger partial charge in [-0.3, -0.25) is 4.79 Å². The normalized spacial score (nSPS) is 11.0. The topological polar surface area (TPSA) is 22.0 Å². The molecule has 1 heterocycles. The van der Waals surface area contributed by atoms with Crippen molar-refractivity contribution in [2.45, 2.75) is 40.2 Å². The summed E-state index contributed by atoms with van der Waals surface area (Å²) in [5, 5.41) is 1.16. The van der Waals surface area contributed by atoms with Gasteiger partial charge in [0.15, 0.2) is 5.78 Å². The molecule has 2 aromatic rings. The lowest BCUT2D eigenvalue weighted by Gasteiger charge is -2.03. The molecule has 0 aliphatic rings. The SMILES string of the molecule is CCCc1cn(CC)c2cccc(C(C)=O)c12. The number of fused-ring (bicyclic) bond motifs is 1. The molecule has 0 atom stereocenters. The zero-order valence-electron chi connectivity index (χ0n) is 10.8. The lowest BCUT2D eigenvalue weighted by Crippen LogP contribution is -1.95. The average Bonchev–Trinajstić information content (AvgIpc) is 2.68. The molecule has 0 saturated heterocycles. The Balaban J connectivity index is 2.76. The van der Waals surface area contributed by atoms with Crippen LogP contribution in [0.3, 0.4) is 0 Å². The first-order valence-corrected chi connectivity index (χ1v) is 6.30. The molecule has 0 spiro atoms. The molecule has 0 fully saturated rings. The van der Waals surface area contributed by atoms with E-state index in [2.05, 4.69) is 30.7 Å². The highest BCUT2D eigenvalue weighted by Crippen LogP contribution is 2.26. The van der Waals surface area contributed by atoms with Crippen LogP contribution in [0.15, 0.2) is 24.4 Å². The van der Waals surface area contributed by atoms with Gasteiger partial charge in [0, 0.05) is 29.2 Å². The van der Waals surface area contributed by atoms with Gasteiger partial charge in [0.1, 0.15) is 0 Å². The van der Waals surface area contributed by atoms with Crippen molar-refractivity contribution < 1.29 is 4.79 Å². The number of aryl methyl sites for hydroxylation is 2. The fourth-order valence-corrected chi connectivity index (χ4v) is 2.45. The quantitative estimate of drug-likeness (QED) is 0.730. The molecule has 1 aromatic heterocycles. The van der Waals surface area contributed by atoms with Gasteiger partial charge in [0.05, 0.1) is 0 Å². The molecular formula is C15H19NO. The van der Waals surface area contributed by atoms with Crippen LogP contribution in [-0.2, 0) is 13.0 Å². The van der Waals surface area contributed by atoms with Crippen molar-refractivity contribution in [3.05, 3.63) is 35.5 Å². The smallest absolute Gasteiger partial charge is 0.160 e. The number of hydrogen-bond acceptors (Lipinski definition) is 1. The summed E-state index contributed by atoms with van der Waals surface area (Å²) in [6.45, 7) is 6.90. The van der Waals surface area contributed by atoms with Gasteiger partial charge in [-0.2, -0.15) is 0 Å². The third-order valence-corrected chi connectivity index (χ3v) is 3.22. The van der Waals surface area contributed by atoms with Gasteiger partial charge < -0.3 is 4.57 Å². The highest BCUT2D eigenvalue weighted by molar-refractivity contribution is 6.07. The zero-order valence-corrected chi connectivity index (χ0v) is 10.8. The number of rotatable bonds is 4. The minimum absolute atomic E-state index is 0.154. The second-order valence-electron chi connectivity index (χ2n) is 4.45. The summed E-state index contributed by atoms with van der Waals surface area (Å²) in [7, 11) is 0. The van der Waals surface area contributed by atoms with E-state index >= 15 is 0 Å². The first-order chi connectivity index (χ1) is 8.19. The van der Waals surface area contributed by atoms with Gasteiger partial charge in [0.25, 0.3) is 0 Å². The highest BCUT2D eigenvalue weighted by Gasteiger charge is 2.13. The van der Waals surface area contributed by atoms with Crippen LogP contribution in [0.25, 0.3) is 10.9 Å². The predicted molar refractivity (Wildman–Crippen MR) is 71.6 cm³/mol. The molecule has 1 aromatic carbocycles. The summed E-state index contributed by atoms with van der Waals surface area (Å²) < 4.78 is 2.23. The van der Waals surface area contributed by atoms with Gasteiger partial charge in [-0.05, 0) is 31.9 Å². The molecular weight excluding hydrogens is 210 g/mol. The summed E-state index contributed by atoms with van der Waals surface area (Å²) in [4.78, 5) is 11.7. The molecule has 0 N–H and O–H groups in total. The fraction of sp³-hybridized carbons (Fsp3) is 0.400. The molecule has 0 amide bonds. The van der Waals surface area contributed by atoms with E-state index in [0.29, 0.717) is 0 Å². The van der Waals surface area contributed by atoms with Gasteiger partial charge in [-0.1, -0.05) is 25.5 Å². The van der Waals surface area contributed by atoms with Crippen LogP contribution in [0.1, 0.15) is 43.1 Å². The molecule has 2 heteroatoms. The lowest BCUT2D eigenvalue weighted by atomic mass is 10.0. The minimum Gasteiger partial charge on any atom is -0.347 e. The van der Waals surface area contributed by atoms with Crippen LogP contribution in [-0.4, -0.2) is 10.4 Å². The summed E-state index contributed by atoms with van der Waals surface area (Å²) in [6.07, 6.45) is 4.34. The van der Waals surface area contributed by atoms with Gasteiger partial charge in [-0.15, -0.1) is 0 Å². The summed E-state index contributed by atoms with van der Waals surface area (Å²) >= 11 is 0. The minimum atomic E-state index is 0.154. The molecule has 0 saturated carbocycles. The van der Waals surface area contributed by atoms with Crippen molar-refractivity contribution in [3.8, 4) is 0 Å². The highest BCUT2D eigenvalue weighted by atomic mass is 16.1. The first-order valence-electron chi connectivity index (χ1n) is 6.30. The maximum atomic E-state index is 11.7. The van der Waals surface area contributed by atoms with Crippen molar-refractivity contribution in [2.24, 2.45) is 0 Å². The summed E-state index contributed by atoms with van der Waals surface area (Å²) in [6, 6.07) is 6.01. The van der Waals surface area contributed by atoms with E-state index in [9.17, 15) is 4.79 Å². The van der Waals surface area contributed by atoms with E-state index in [1.807, 2.05) is 12.1 Å². The third kappa shape index (κ3) is 1.99. The van der Waals surface area contributed by atoms with Gasteiger partial charge >= 0.3 is 0 Å². The van der Waals surface area contributed by atoms with Crippen LogP contribution in [0.2, 0.25) is 0 Å². The van der Waals surface area contributed by atoms with E-state index in [4.69, 9.17) is 0 Å². The average molecular weight is 229 g/mol. The molecule has 0 aliphatic carbocycles. The van der Waals surface area contributed by atoms with E-state index in [1.54, 1.807) is 6.92 Å². The summed E-state index contributed by atoms with van der Waals surface area (Å²) in [5.41, 5.74) is 3.34. The van der Waals surface area contributed by atoms with E-state index in [0.717, 1.165) is 30.3 Å². The zero-order chi connectivity index (χ0) is 12.4. The number of carbonyl (C=O) groups excluding carboxylic acids is 1. The molecule has 2 rings (SSSR count). The third-order valence-electron chi connectivity index (χ3n) is 3.22. The van der Waals surface area contributed by atoms with E-state index in [1.165, 1.54) is 11.1 Å². The van der Waals surface area contributed by atoms with Crippen molar-refractivity contribution in [1.29, 1.82) is 0 Å². The number of Topliss-reactive ketones (excluding diaryl/α,β-unsaturated/α-hetero) is 1. The van der Waals surface area contributed by atoms with Crippen LogP contribution < -0.4 is 0 Å². The molecule has 17 heavy (non-hydrogen) atoms. The first kappa shape index (κ1) is 11.9. The van der Waals surface area contributed by atoms with Crippen molar-refractivity contribution in [2.75, 3.05) is 0 Å². The second kappa shape index (κ2) is 4.74. The second-order valence-corrected chi connectivity index (χ2v) is 4.45. The van der Waals surface area contributed by atoms with Gasteiger partial charge in [-0.25, -0.2) is 0 Å². The Bertz CT molecular complexity index is 551. The Morgan fingerprint density at radius 2 is 2.06 bits per heavy atom. The standard InChI is InChI=1S/C15H19NO/c1-4-7-12-10-16(5-2)14-9-6-8-13(11(3)17)15(12)14/h6,8-10H,4-5,7H2,1-3H3. The predicted octanol–water partition coefficient (Wildman–Crippen LogP) is 3.82. The van der Waals surface area contributed by atoms with Crippen LogP contribution in [0.5, 0.6) is 0 Å². The molecule has 0 radical (unpaired) electrons. The van der Waals surface area contributed by atoms with E-state index in [-0.39, 0.29) is 5.78 Å². The maximum Gasteiger partial charge on any atom is 0.160 e. The Hall–Kier alpha value is -1.57. The largest absolute Gasteiger partial charge is 0.347 e. The summed E-state index contributed by atoms with van der Waals surface area (Å²) in [5.74, 6) is 0.154. The van der Waals surface area contributed by atoms with Crippen LogP contribution >= 0.6 is 0 Å². The molecule has 0 bridgehead atoms. The van der Waals surface area contributed by atoms with E-state index < -0.39 is 0 Å². The molecule has 0 unspecified atom stereocenters. The number of nitrogens with zero attached hydrogens (tertiary/aromatic N) is 1. The van der Waals surface area contributed by atoms with Crippen molar-refractivity contribution in [1.82, 2.24) is 4.57 Å². The number of ketones is 1. The van der Waals surface area contributed by atoms with Crippen LogP contribution in [0, 0.1) is 0 Å². The number of carbonyl (C=O) groups is 1. The fourth-order valence-electron chi connectivity index (χ4n) is 2.45. The number of benzene rings is 1. The Morgan fingerprint density at radius 1 is 1.29 bits per heavy atom. The Morgan fingerprint density at radius 3 is 2.65 bits per heavy atom. The molecule has 90 valence electrons. The molecule has 0 aliphatic heterocycles. The monoisotopic (exact) mass is 229 g/mol. The van der Waals surface area contributed by atoms with Crippen LogP contribution in [0.4, 0.5) is 0 Å². The van der Waals surface area contributed by atoms with Crippen molar-refractivity contribution in [3.63, 3.8) is 0 Å². The molecule has 2 nitrogen and oxygen atoms in total. The lowest BCUT2D eigenvalue weighted by molar-refractivity contribution is 0.101. The number of hydrogen-bond donors (Lipinski definition) is 0. The Kier molecular flexibility index (Phi) is 3.32.